The lowest BCUT2D eigenvalue weighted by Gasteiger charge is -2.32. The molecule has 0 spiro atoms. The number of rotatable bonds is 4. The minimum Gasteiger partial charge on any atom is -0.336 e. The minimum absolute atomic E-state index is 0.0612. The number of nitrogens with one attached hydrogen (secondary N) is 1. The van der Waals surface area contributed by atoms with Crippen LogP contribution in [0.1, 0.15) is 15.9 Å². The third kappa shape index (κ3) is 4.05. The van der Waals surface area contributed by atoms with Crippen LogP contribution in [-0.4, -0.2) is 57.4 Å². The van der Waals surface area contributed by atoms with Crippen molar-refractivity contribution in [2.45, 2.75) is 11.8 Å². The molecular weight excluding hydrogens is 350 g/mol. The molecule has 138 valence electrons. The fourth-order valence-electron chi connectivity index (χ4n) is 2.86. The SMILES string of the molecule is Cc1ccccc1NS(=O)(=O)c1ccc(C(=O)N2CCN(C)CC2)cc1. The second kappa shape index (κ2) is 7.47. The van der Waals surface area contributed by atoms with Crippen LogP contribution in [0.2, 0.25) is 0 Å². The lowest BCUT2D eigenvalue weighted by Crippen LogP contribution is -2.47. The number of hydrogen-bond donors (Lipinski definition) is 1. The van der Waals surface area contributed by atoms with E-state index in [0.717, 1.165) is 18.7 Å². The summed E-state index contributed by atoms with van der Waals surface area (Å²) in [4.78, 5) is 16.7. The number of sulfonamides is 1. The topological polar surface area (TPSA) is 69.7 Å². The Bertz CT molecular complexity index is 887. The Labute approximate surface area is 154 Å². The van der Waals surface area contributed by atoms with Gasteiger partial charge in [-0.15, -0.1) is 0 Å². The highest BCUT2D eigenvalue weighted by molar-refractivity contribution is 7.92. The van der Waals surface area contributed by atoms with Crippen LogP contribution in [0.25, 0.3) is 0 Å². The molecular formula is C19H23N3O3S. The summed E-state index contributed by atoms with van der Waals surface area (Å²) in [5.74, 6) is -0.0612. The highest BCUT2D eigenvalue weighted by Gasteiger charge is 2.21. The van der Waals surface area contributed by atoms with Gasteiger partial charge in [0.15, 0.2) is 0 Å². The average molecular weight is 373 g/mol. The number of piperazine rings is 1. The van der Waals surface area contributed by atoms with Crippen LogP contribution in [-0.2, 0) is 10.0 Å². The first-order valence-electron chi connectivity index (χ1n) is 8.53. The number of aryl methyl sites for hydroxylation is 1. The molecule has 1 N–H and O–H groups in total. The average Bonchev–Trinajstić information content (AvgIpc) is 2.64. The lowest BCUT2D eigenvalue weighted by atomic mass is 10.2. The molecule has 0 atom stereocenters. The van der Waals surface area contributed by atoms with E-state index in [1.807, 2.05) is 26.1 Å². The van der Waals surface area contributed by atoms with Crippen molar-refractivity contribution >= 4 is 21.6 Å². The summed E-state index contributed by atoms with van der Waals surface area (Å²) in [6.07, 6.45) is 0. The second-order valence-electron chi connectivity index (χ2n) is 6.54. The monoisotopic (exact) mass is 373 g/mol. The molecule has 1 saturated heterocycles. The van der Waals surface area contributed by atoms with Gasteiger partial charge >= 0.3 is 0 Å². The van der Waals surface area contributed by atoms with Gasteiger partial charge in [0.25, 0.3) is 15.9 Å². The van der Waals surface area contributed by atoms with E-state index in [-0.39, 0.29) is 10.8 Å². The fraction of sp³-hybridized carbons (Fsp3) is 0.316. The lowest BCUT2D eigenvalue weighted by molar-refractivity contribution is 0.0664. The Morgan fingerprint density at radius 1 is 0.962 bits per heavy atom. The van der Waals surface area contributed by atoms with Gasteiger partial charge in [0.05, 0.1) is 10.6 Å². The van der Waals surface area contributed by atoms with Gasteiger partial charge in [0, 0.05) is 31.7 Å². The van der Waals surface area contributed by atoms with Gasteiger partial charge in [-0.2, -0.15) is 0 Å². The zero-order valence-electron chi connectivity index (χ0n) is 15.0. The number of carbonyl (C=O) groups excluding carboxylic acids is 1. The van der Waals surface area contributed by atoms with Crippen LogP contribution in [0, 0.1) is 6.92 Å². The molecule has 1 fully saturated rings. The van der Waals surface area contributed by atoms with Crippen LogP contribution < -0.4 is 4.72 Å². The van der Waals surface area contributed by atoms with Crippen LogP contribution in [0.3, 0.4) is 0 Å². The third-order valence-corrected chi connectivity index (χ3v) is 5.97. The van der Waals surface area contributed by atoms with Gasteiger partial charge < -0.3 is 9.80 Å². The first kappa shape index (κ1) is 18.4. The number of nitrogens with zero attached hydrogens (tertiary/aromatic N) is 2. The van der Waals surface area contributed by atoms with Crippen molar-refractivity contribution in [1.29, 1.82) is 0 Å². The second-order valence-corrected chi connectivity index (χ2v) is 8.22. The van der Waals surface area contributed by atoms with Gasteiger partial charge in [-0.25, -0.2) is 8.42 Å². The van der Waals surface area contributed by atoms with Crippen molar-refractivity contribution in [1.82, 2.24) is 9.80 Å². The third-order valence-electron chi connectivity index (χ3n) is 4.59. The number of likely N-dealkylation sites (N-methyl/N-ethyl adjacent to an activating group) is 1. The van der Waals surface area contributed by atoms with E-state index >= 15 is 0 Å². The van der Waals surface area contributed by atoms with E-state index in [4.69, 9.17) is 0 Å². The van der Waals surface area contributed by atoms with Crippen LogP contribution in [0.4, 0.5) is 5.69 Å². The number of amides is 1. The predicted molar refractivity (Wildman–Crippen MR) is 102 cm³/mol. The van der Waals surface area contributed by atoms with Crippen LogP contribution >= 0.6 is 0 Å². The van der Waals surface area contributed by atoms with Crippen molar-refractivity contribution in [2.24, 2.45) is 0 Å². The fourth-order valence-corrected chi connectivity index (χ4v) is 3.99. The van der Waals surface area contributed by atoms with Crippen molar-refractivity contribution in [3.63, 3.8) is 0 Å². The quantitative estimate of drug-likeness (QED) is 0.892. The minimum atomic E-state index is -3.69. The maximum Gasteiger partial charge on any atom is 0.261 e. The van der Waals surface area contributed by atoms with Crippen molar-refractivity contribution in [3.8, 4) is 0 Å². The summed E-state index contributed by atoms with van der Waals surface area (Å²) >= 11 is 0. The summed E-state index contributed by atoms with van der Waals surface area (Å²) < 4.78 is 27.7. The zero-order valence-corrected chi connectivity index (χ0v) is 15.8. The number of benzene rings is 2. The Hall–Kier alpha value is -2.38. The molecule has 0 bridgehead atoms. The van der Waals surface area contributed by atoms with Gasteiger partial charge in [-0.05, 0) is 49.9 Å². The molecule has 6 nitrogen and oxygen atoms in total. The summed E-state index contributed by atoms with van der Waals surface area (Å²) in [5, 5.41) is 0. The molecule has 7 heteroatoms. The zero-order chi connectivity index (χ0) is 18.7. The highest BCUT2D eigenvalue weighted by atomic mass is 32.2. The summed E-state index contributed by atoms with van der Waals surface area (Å²) in [6.45, 7) is 4.90. The Morgan fingerprint density at radius 3 is 2.19 bits per heavy atom. The normalized spacial score (nSPS) is 15.7. The molecule has 2 aromatic rings. The highest BCUT2D eigenvalue weighted by Crippen LogP contribution is 2.20. The Kier molecular flexibility index (Phi) is 5.29. The first-order chi connectivity index (χ1) is 12.4. The first-order valence-corrected chi connectivity index (χ1v) is 10.0. The largest absolute Gasteiger partial charge is 0.336 e. The van der Waals surface area contributed by atoms with E-state index < -0.39 is 10.0 Å². The molecule has 1 aliphatic heterocycles. The molecule has 1 heterocycles. The van der Waals surface area contributed by atoms with E-state index in [9.17, 15) is 13.2 Å². The van der Waals surface area contributed by atoms with Crippen molar-refractivity contribution in [3.05, 3.63) is 59.7 Å². The molecule has 0 aromatic heterocycles. The van der Waals surface area contributed by atoms with Gasteiger partial charge in [-0.1, -0.05) is 18.2 Å². The van der Waals surface area contributed by atoms with Crippen molar-refractivity contribution < 1.29 is 13.2 Å². The summed E-state index contributed by atoms with van der Waals surface area (Å²) in [7, 11) is -1.66. The Balaban J connectivity index is 1.74. The van der Waals surface area contributed by atoms with Gasteiger partial charge in [0.2, 0.25) is 0 Å². The molecule has 1 amide bonds. The van der Waals surface area contributed by atoms with E-state index in [1.165, 1.54) is 12.1 Å². The number of anilines is 1. The van der Waals surface area contributed by atoms with E-state index in [1.54, 1.807) is 29.2 Å². The number of carbonyl (C=O) groups is 1. The van der Waals surface area contributed by atoms with E-state index in [2.05, 4.69) is 9.62 Å². The van der Waals surface area contributed by atoms with Crippen molar-refractivity contribution in [2.75, 3.05) is 37.9 Å². The van der Waals surface area contributed by atoms with E-state index in [0.29, 0.717) is 24.3 Å². The maximum atomic E-state index is 12.6. The molecule has 0 radical (unpaired) electrons. The van der Waals surface area contributed by atoms with Gasteiger partial charge in [0.1, 0.15) is 0 Å². The molecule has 0 aliphatic carbocycles. The molecule has 2 aromatic carbocycles. The maximum absolute atomic E-state index is 12.6. The van der Waals surface area contributed by atoms with Crippen LogP contribution in [0.15, 0.2) is 53.4 Å². The molecule has 3 rings (SSSR count). The predicted octanol–water partition coefficient (Wildman–Crippen LogP) is 2.18. The summed E-state index contributed by atoms with van der Waals surface area (Å²) in [6, 6.07) is 13.3. The summed E-state index contributed by atoms with van der Waals surface area (Å²) in [5.41, 5.74) is 1.90. The molecule has 0 saturated carbocycles. The van der Waals surface area contributed by atoms with Crippen LogP contribution in [0.5, 0.6) is 0 Å². The Morgan fingerprint density at radius 2 is 1.58 bits per heavy atom. The number of hydrogen-bond acceptors (Lipinski definition) is 4. The molecule has 0 unspecified atom stereocenters. The smallest absolute Gasteiger partial charge is 0.261 e. The molecule has 1 aliphatic rings. The standard InChI is InChI=1S/C19H23N3O3S/c1-15-5-3-4-6-18(15)20-26(24,25)17-9-7-16(8-10-17)19(23)22-13-11-21(2)12-14-22/h3-10,20H,11-14H2,1-2H3. The van der Waals surface area contributed by atoms with Gasteiger partial charge in [-0.3, -0.25) is 9.52 Å². The number of para-hydroxylation sites is 1. The molecule has 26 heavy (non-hydrogen) atoms.